The second kappa shape index (κ2) is 6.20. The molecule has 0 aliphatic rings. The third-order valence-electron chi connectivity index (χ3n) is 0. The fourth-order valence-electron chi connectivity index (χ4n) is 0. The molecule has 0 heterocycles. The monoisotopic (exact) mass is 152 g/mol. The van der Waals surface area contributed by atoms with Crippen LogP contribution in [0.15, 0.2) is 0 Å². The molecule has 0 aromatic carbocycles. The number of hydrogen-bond donors (Lipinski definition) is 2. The van der Waals surface area contributed by atoms with E-state index in [1.807, 2.05) is 0 Å². The van der Waals surface area contributed by atoms with Crippen molar-refractivity contribution in [2.45, 2.75) is 10.6 Å². The second-order valence-electron chi connectivity index (χ2n) is 1.18. The van der Waals surface area contributed by atoms with Crippen molar-refractivity contribution in [1.29, 1.82) is 0 Å². The minimum Gasteiger partial charge on any atom is -0.299 e. The Kier molecular flexibility index (Phi) is 9.17. The Hall–Kier alpha value is 1.08. The number of hydrogen-bond acceptors (Lipinski definition) is 1. The van der Waals surface area contributed by atoms with Gasteiger partial charge in [-0.1, -0.05) is 0 Å². The van der Waals surface area contributed by atoms with E-state index in [9.17, 15) is 4.20 Å². The van der Waals surface area contributed by atoms with E-state index < -0.39 is 7.91 Å². The quantitative estimate of drug-likeness (QED) is 0.395. The van der Waals surface area contributed by atoms with Crippen LogP contribution in [0.5, 0.6) is 0 Å². The first-order valence-electron chi connectivity index (χ1n) is 2.17. The molecule has 0 amide bonds. The summed E-state index contributed by atoms with van der Waals surface area (Å²) in [6.07, 6.45) is 0. The second-order valence-corrected chi connectivity index (χ2v) is 3.54. The maximum absolute atomic E-state index is 10.4. The third kappa shape index (κ3) is 224. The Morgan fingerprint density at radius 3 is 1.75 bits per heavy atom. The van der Waals surface area contributed by atoms with Crippen LogP contribution < -0.4 is 0 Å². The first kappa shape index (κ1) is 11.8. The maximum Gasteiger partial charge on any atom is 0.507 e. The van der Waals surface area contributed by atoms with Gasteiger partial charge in [0.25, 0.3) is 0 Å². The van der Waals surface area contributed by atoms with Crippen molar-refractivity contribution in [2.75, 3.05) is 0 Å². The fourth-order valence-corrected chi connectivity index (χ4v) is 0. The van der Waals surface area contributed by atoms with Crippen molar-refractivity contribution in [2.24, 2.45) is 0 Å². The summed E-state index contributed by atoms with van der Waals surface area (Å²) in [5.74, 6) is 0. The molecule has 0 atom stereocenters. The molecule has 6 heteroatoms. The summed E-state index contributed by atoms with van der Waals surface area (Å²) >= 11 is 1.37. The summed E-state index contributed by atoms with van der Waals surface area (Å²) < 4.78 is 20.4. The predicted molar refractivity (Wildman–Crippen MR) is 29.4 cm³/mol. The van der Waals surface area contributed by atoms with Gasteiger partial charge in [-0.15, -0.1) is 4.20 Å². The molecule has 0 fully saturated rings. The van der Waals surface area contributed by atoms with Crippen LogP contribution in [0.3, 0.4) is 0 Å². The molecule has 0 saturated heterocycles. The fraction of sp³-hybridized carbons (Fsp3) is 1.00. The molecule has 8 heavy (non-hydrogen) atoms. The van der Waals surface area contributed by atoms with Crippen LogP contribution in [0.4, 0.5) is 4.20 Å². The van der Waals surface area contributed by atoms with Gasteiger partial charge in [0.2, 0.25) is 0 Å². The van der Waals surface area contributed by atoms with Crippen molar-refractivity contribution in [3.8, 4) is 0 Å². The topological polar surface area (TPSA) is 57.5 Å². The Balaban J connectivity index is 0. The smallest absolute Gasteiger partial charge is 0.299 e. The summed E-state index contributed by atoms with van der Waals surface area (Å²) in [4.78, 5) is 13.9. The molecule has 0 aromatic heterocycles. The summed E-state index contributed by atoms with van der Waals surface area (Å²) in [6, 6.07) is 0. The molecular weight excluding hydrogens is 145 g/mol. The largest absolute Gasteiger partial charge is 0.507 e. The molecule has 0 bridgehead atoms. The Morgan fingerprint density at radius 1 is 1.75 bits per heavy atom. The van der Waals surface area contributed by atoms with Gasteiger partial charge >= 0.3 is 46.4 Å². The Labute approximate surface area is 65.0 Å². The maximum atomic E-state index is 10.4. The van der Waals surface area contributed by atoms with Crippen molar-refractivity contribution < 1.29 is 18.5 Å². The van der Waals surface area contributed by atoms with E-state index in [0.29, 0.717) is 0 Å². The molecule has 0 spiro atoms. The van der Waals surface area contributed by atoms with E-state index in [1.54, 1.807) is 0 Å². The van der Waals surface area contributed by atoms with Gasteiger partial charge in [-0.05, 0) is 0 Å². The molecule has 0 aliphatic heterocycles. The number of rotatable bonds is 0. The molecule has 2 N–H and O–H groups in total. The van der Waals surface area contributed by atoms with E-state index in [-0.39, 0.29) is 0 Å². The van der Waals surface area contributed by atoms with Crippen LogP contribution in [0.25, 0.3) is 0 Å². The first-order valence-corrected chi connectivity index (χ1v) is 5.08. The van der Waals surface area contributed by atoms with Gasteiger partial charge in [0.15, 0.2) is 0 Å². The zero-order valence-electron chi connectivity index (χ0n) is 4.83. The zero-order chi connectivity index (χ0) is 7.21. The predicted octanol–water partition coefficient (Wildman–Crippen LogP) is 0.642. The van der Waals surface area contributed by atoms with Gasteiger partial charge in [-0.3, -0.25) is 9.79 Å². The minimum absolute atomic E-state index is 1.37. The Morgan fingerprint density at radius 2 is 1.75 bits per heavy atom. The van der Waals surface area contributed by atoms with E-state index in [2.05, 4.69) is 6.92 Å². The molecule has 0 rings (SSSR count). The van der Waals surface area contributed by atoms with Gasteiger partial charge in [-0.2, -0.15) is 0 Å². The van der Waals surface area contributed by atoms with Crippen LogP contribution in [0.1, 0.15) is 6.92 Å². The molecule has 0 aromatic rings. The average Bonchev–Trinajstić information content (AvgIpc) is 1.27. The van der Waals surface area contributed by atoms with Gasteiger partial charge < -0.3 is 0 Å². The van der Waals surface area contributed by atoms with Gasteiger partial charge in [0.05, 0.1) is 0 Å². The van der Waals surface area contributed by atoms with E-state index >= 15 is 0 Å². The molecule has 46 valence electrons. The van der Waals surface area contributed by atoms with Gasteiger partial charge in [-0.25, -0.2) is 4.57 Å². The van der Waals surface area contributed by atoms with Crippen molar-refractivity contribution in [3.05, 3.63) is 0 Å². The zero-order valence-corrected chi connectivity index (χ0v) is 7.73. The van der Waals surface area contributed by atoms with Crippen molar-refractivity contribution in [1.82, 2.24) is 0 Å². The van der Waals surface area contributed by atoms with Crippen molar-refractivity contribution in [3.63, 3.8) is 0 Å². The summed E-state index contributed by atoms with van der Waals surface area (Å²) in [5.41, 5.74) is 0. The van der Waals surface area contributed by atoms with Gasteiger partial charge in [0.1, 0.15) is 0 Å². The van der Waals surface area contributed by atoms with E-state index in [1.165, 1.54) is 31.6 Å². The third-order valence-corrected chi connectivity index (χ3v) is 0. The minimum atomic E-state index is -5.14. The first-order chi connectivity index (χ1) is 3.41. The van der Waals surface area contributed by atoms with Crippen LogP contribution in [0.2, 0.25) is 3.67 Å². The van der Waals surface area contributed by atoms with Crippen LogP contribution in [-0.2, 0) is 4.57 Å². The van der Waals surface area contributed by atoms with Crippen LogP contribution >= 0.6 is 7.91 Å². The van der Waals surface area contributed by atoms with Crippen LogP contribution in [-0.4, -0.2) is 37.7 Å². The summed E-state index contributed by atoms with van der Waals surface area (Å²) in [5, 5.41) is 0. The molecule has 0 radical (unpaired) electrons. The molecule has 0 saturated carbocycles. The standard InChI is InChI=1S/C2H5.FH2O3P.Na/c1-2;1-5(2,3)4;/h1H2,2H3;(H2,2,3,4);. The Bertz CT molecular complexity index is 73.1. The van der Waals surface area contributed by atoms with E-state index in [4.69, 9.17) is 14.4 Å². The van der Waals surface area contributed by atoms with Gasteiger partial charge in [0, 0.05) is 0 Å². The molecule has 0 aliphatic carbocycles. The van der Waals surface area contributed by atoms with Crippen LogP contribution in [0, 0.1) is 0 Å². The van der Waals surface area contributed by atoms with Crippen molar-refractivity contribution >= 4 is 35.8 Å². The number of halogens is 1. The molecular formula is C2H7FNaO3P. The van der Waals surface area contributed by atoms with E-state index in [0.717, 1.165) is 0 Å². The summed E-state index contributed by atoms with van der Waals surface area (Å²) in [6.45, 7) is 2.19. The molecule has 0 unspecified atom stereocenters. The molecule has 3 nitrogen and oxygen atoms in total. The summed E-state index contributed by atoms with van der Waals surface area (Å²) in [7, 11) is -5.14. The average molecular weight is 152 g/mol. The SMILES string of the molecule is C[CH2][Na].O=P(O)(O)F. The normalized spacial score (nSPS) is 9.75.